The first kappa shape index (κ1) is 18.4. The zero-order chi connectivity index (χ0) is 18.5. The smallest absolute Gasteiger partial charge is 0.253 e. The van der Waals surface area contributed by atoms with E-state index in [0.717, 1.165) is 51.6 Å². The molecule has 2 N–H and O–H groups in total. The van der Waals surface area contributed by atoms with Gasteiger partial charge >= 0.3 is 0 Å². The number of carbonyl (C=O) groups excluding carboxylic acids is 3. The zero-order valence-corrected chi connectivity index (χ0v) is 15.3. The summed E-state index contributed by atoms with van der Waals surface area (Å²) in [5.74, 6) is -0.147. The summed E-state index contributed by atoms with van der Waals surface area (Å²) in [5.41, 5.74) is 1.28. The maximum Gasteiger partial charge on any atom is 0.253 e. The van der Waals surface area contributed by atoms with Gasteiger partial charge in [0.2, 0.25) is 11.8 Å². The van der Waals surface area contributed by atoms with Crippen LogP contribution in [0.5, 0.6) is 0 Å². The van der Waals surface area contributed by atoms with Gasteiger partial charge in [0.25, 0.3) is 5.91 Å². The second kappa shape index (κ2) is 8.34. The molecule has 26 heavy (non-hydrogen) atoms. The van der Waals surface area contributed by atoms with E-state index in [-0.39, 0.29) is 23.6 Å². The SMILES string of the molecule is CC(=O)NC(C(=O)Nc1ccc(C(=O)N2CCCC2)cc1)C1CCCC1. The largest absolute Gasteiger partial charge is 0.344 e. The van der Waals surface area contributed by atoms with Gasteiger partial charge in [0.05, 0.1) is 0 Å². The van der Waals surface area contributed by atoms with Gasteiger partial charge in [0.1, 0.15) is 6.04 Å². The van der Waals surface area contributed by atoms with Crippen LogP contribution >= 0.6 is 0 Å². The van der Waals surface area contributed by atoms with Gasteiger partial charge in [0.15, 0.2) is 0 Å². The molecule has 3 rings (SSSR count). The van der Waals surface area contributed by atoms with E-state index in [4.69, 9.17) is 0 Å². The molecule has 0 radical (unpaired) electrons. The van der Waals surface area contributed by atoms with Gasteiger partial charge in [0, 0.05) is 31.3 Å². The van der Waals surface area contributed by atoms with E-state index >= 15 is 0 Å². The van der Waals surface area contributed by atoms with Crippen LogP contribution < -0.4 is 10.6 Å². The Hall–Kier alpha value is -2.37. The van der Waals surface area contributed by atoms with E-state index in [2.05, 4.69) is 10.6 Å². The lowest BCUT2D eigenvalue weighted by Crippen LogP contribution is -2.47. The molecule has 1 aliphatic carbocycles. The number of carbonyl (C=O) groups is 3. The fraction of sp³-hybridized carbons (Fsp3) is 0.550. The number of benzene rings is 1. The van der Waals surface area contributed by atoms with Crippen LogP contribution in [0.2, 0.25) is 0 Å². The van der Waals surface area contributed by atoms with Crippen molar-refractivity contribution in [1.82, 2.24) is 10.2 Å². The lowest BCUT2D eigenvalue weighted by Gasteiger charge is -2.23. The third-order valence-electron chi connectivity index (χ3n) is 5.31. The quantitative estimate of drug-likeness (QED) is 0.850. The predicted octanol–water partition coefficient (Wildman–Crippen LogP) is 2.56. The number of hydrogen-bond acceptors (Lipinski definition) is 3. The topological polar surface area (TPSA) is 78.5 Å². The zero-order valence-electron chi connectivity index (χ0n) is 15.3. The summed E-state index contributed by atoms with van der Waals surface area (Å²) in [6.45, 7) is 3.07. The van der Waals surface area contributed by atoms with Gasteiger partial charge in [-0.15, -0.1) is 0 Å². The Morgan fingerprint density at radius 3 is 2.19 bits per heavy atom. The monoisotopic (exact) mass is 357 g/mol. The highest BCUT2D eigenvalue weighted by Gasteiger charge is 2.31. The molecule has 1 atom stereocenters. The van der Waals surface area contributed by atoms with E-state index in [9.17, 15) is 14.4 Å². The molecule has 1 unspecified atom stereocenters. The third-order valence-corrected chi connectivity index (χ3v) is 5.31. The van der Waals surface area contributed by atoms with Crippen molar-refractivity contribution in [2.24, 2.45) is 5.92 Å². The normalized spacial score (nSPS) is 18.6. The van der Waals surface area contributed by atoms with Gasteiger partial charge in [-0.25, -0.2) is 0 Å². The molecule has 6 nitrogen and oxygen atoms in total. The van der Waals surface area contributed by atoms with Crippen molar-refractivity contribution < 1.29 is 14.4 Å². The minimum atomic E-state index is -0.499. The first-order chi connectivity index (χ1) is 12.5. The summed E-state index contributed by atoms with van der Waals surface area (Å²) >= 11 is 0. The molecule has 1 heterocycles. The maximum absolute atomic E-state index is 12.7. The average molecular weight is 357 g/mol. The number of likely N-dealkylation sites (tertiary alicyclic amines) is 1. The van der Waals surface area contributed by atoms with E-state index in [1.54, 1.807) is 24.3 Å². The molecule has 2 aliphatic rings. The molecular formula is C20H27N3O3. The number of rotatable bonds is 5. The highest BCUT2D eigenvalue weighted by molar-refractivity contribution is 5.98. The van der Waals surface area contributed by atoms with Gasteiger partial charge in [-0.05, 0) is 55.9 Å². The Morgan fingerprint density at radius 1 is 1.00 bits per heavy atom. The summed E-state index contributed by atoms with van der Waals surface area (Å²) in [5, 5.41) is 5.68. The molecule has 140 valence electrons. The van der Waals surface area contributed by atoms with Crippen molar-refractivity contribution in [3.63, 3.8) is 0 Å². The molecule has 0 spiro atoms. The van der Waals surface area contributed by atoms with E-state index in [1.807, 2.05) is 4.90 Å². The fourth-order valence-corrected chi connectivity index (χ4v) is 3.93. The Bertz CT molecular complexity index is 659. The molecule has 6 heteroatoms. The molecule has 1 saturated heterocycles. The minimum Gasteiger partial charge on any atom is -0.344 e. The molecule has 2 fully saturated rings. The number of anilines is 1. The molecule has 0 bridgehead atoms. The third kappa shape index (κ3) is 4.42. The first-order valence-electron chi connectivity index (χ1n) is 9.52. The van der Waals surface area contributed by atoms with E-state index < -0.39 is 6.04 Å². The second-order valence-corrected chi connectivity index (χ2v) is 7.29. The van der Waals surface area contributed by atoms with Crippen LogP contribution in [0.25, 0.3) is 0 Å². The highest BCUT2D eigenvalue weighted by atomic mass is 16.2. The van der Waals surface area contributed by atoms with Crippen LogP contribution in [0.3, 0.4) is 0 Å². The lowest BCUT2D eigenvalue weighted by molar-refractivity contribution is -0.126. The molecule has 1 saturated carbocycles. The van der Waals surface area contributed by atoms with Crippen molar-refractivity contribution in [3.05, 3.63) is 29.8 Å². The molecule has 0 aromatic heterocycles. The summed E-state index contributed by atoms with van der Waals surface area (Å²) < 4.78 is 0. The van der Waals surface area contributed by atoms with Crippen molar-refractivity contribution >= 4 is 23.4 Å². The van der Waals surface area contributed by atoms with Gasteiger partial charge in [-0.1, -0.05) is 12.8 Å². The second-order valence-electron chi connectivity index (χ2n) is 7.29. The van der Waals surface area contributed by atoms with Gasteiger partial charge in [-0.2, -0.15) is 0 Å². The Balaban J connectivity index is 1.63. The number of nitrogens with zero attached hydrogens (tertiary/aromatic N) is 1. The Labute approximate surface area is 154 Å². The van der Waals surface area contributed by atoms with Crippen LogP contribution in [0, 0.1) is 5.92 Å². The molecule has 3 amide bonds. The summed E-state index contributed by atoms with van der Waals surface area (Å²) in [6, 6.07) is 6.50. The van der Waals surface area contributed by atoms with Crippen molar-refractivity contribution in [2.45, 2.75) is 51.5 Å². The number of hydrogen-bond donors (Lipinski definition) is 2. The predicted molar refractivity (Wildman–Crippen MR) is 99.8 cm³/mol. The van der Waals surface area contributed by atoms with Gasteiger partial charge in [-0.3, -0.25) is 14.4 Å². The Kier molecular flexibility index (Phi) is 5.91. The van der Waals surface area contributed by atoms with Crippen LogP contribution in [0.15, 0.2) is 24.3 Å². The highest BCUT2D eigenvalue weighted by Crippen LogP contribution is 2.28. The van der Waals surface area contributed by atoms with E-state index in [0.29, 0.717) is 11.3 Å². The van der Waals surface area contributed by atoms with Crippen LogP contribution in [0.1, 0.15) is 55.8 Å². The lowest BCUT2D eigenvalue weighted by atomic mass is 9.97. The standard InChI is InChI=1S/C20H27N3O3/c1-14(24)21-18(15-6-2-3-7-15)19(25)22-17-10-8-16(9-11-17)20(26)23-12-4-5-13-23/h8-11,15,18H,2-7,12-13H2,1H3,(H,21,24)(H,22,25). The van der Waals surface area contributed by atoms with Crippen LogP contribution in [-0.4, -0.2) is 41.8 Å². The first-order valence-corrected chi connectivity index (χ1v) is 9.52. The van der Waals surface area contributed by atoms with Crippen molar-refractivity contribution in [2.75, 3.05) is 18.4 Å². The summed E-state index contributed by atoms with van der Waals surface area (Å²) in [4.78, 5) is 38.4. The fourth-order valence-electron chi connectivity index (χ4n) is 3.93. The maximum atomic E-state index is 12.7. The average Bonchev–Trinajstić information content (AvgIpc) is 3.33. The summed E-state index contributed by atoms with van der Waals surface area (Å²) in [7, 11) is 0. The van der Waals surface area contributed by atoms with E-state index in [1.165, 1.54) is 6.92 Å². The summed E-state index contributed by atoms with van der Waals surface area (Å²) in [6.07, 6.45) is 6.24. The molecule has 1 aromatic rings. The molecule has 1 aromatic carbocycles. The number of amides is 3. The Morgan fingerprint density at radius 2 is 1.62 bits per heavy atom. The molecule has 1 aliphatic heterocycles. The van der Waals surface area contributed by atoms with Crippen molar-refractivity contribution in [1.29, 1.82) is 0 Å². The number of nitrogens with one attached hydrogen (secondary N) is 2. The van der Waals surface area contributed by atoms with Crippen LogP contribution in [0.4, 0.5) is 5.69 Å². The van der Waals surface area contributed by atoms with Crippen LogP contribution in [-0.2, 0) is 9.59 Å². The molecular weight excluding hydrogens is 330 g/mol. The minimum absolute atomic E-state index is 0.0439. The van der Waals surface area contributed by atoms with Gasteiger partial charge < -0.3 is 15.5 Å². The van der Waals surface area contributed by atoms with Crippen molar-refractivity contribution in [3.8, 4) is 0 Å².